The average molecular weight is 469 g/mol. The standard InChI is InChI=1S/C27H24N4O2S/c1-16-12-14-20(15-13-16)24(32)19(4)34-27-29-28-26-30(22-11-7-8-17(2)18(22)3)25(33)21-9-5-6-10-23(21)31(26)27/h5-15,19H,1-4H3. The van der Waals surface area contributed by atoms with Gasteiger partial charge in [0.1, 0.15) is 0 Å². The van der Waals surface area contributed by atoms with Gasteiger partial charge in [0.2, 0.25) is 5.78 Å². The molecule has 0 fully saturated rings. The van der Waals surface area contributed by atoms with Crippen molar-refractivity contribution >= 4 is 34.2 Å². The van der Waals surface area contributed by atoms with Gasteiger partial charge in [-0.1, -0.05) is 65.9 Å². The molecule has 0 amide bonds. The van der Waals surface area contributed by atoms with E-state index in [-0.39, 0.29) is 16.6 Å². The summed E-state index contributed by atoms with van der Waals surface area (Å²) in [5, 5.41) is 9.59. The van der Waals surface area contributed by atoms with Crippen LogP contribution in [0.4, 0.5) is 0 Å². The third-order valence-electron chi connectivity index (χ3n) is 6.20. The Morgan fingerprint density at radius 2 is 1.65 bits per heavy atom. The van der Waals surface area contributed by atoms with Crippen LogP contribution in [-0.2, 0) is 0 Å². The first kappa shape index (κ1) is 22.1. The molecule has 170 valence electrons. The largest absolute Gasteiger partial charge is 0.293 e. The van der Waals surface area contributed by atoms with Gasteiger partial charge in [0.05, 0.1) is 21.8 Å². The molecular weight excluding hydrogens is 444 g/mol. The molecule has 0 saturated carbocycles. The molecule has 6 nitrogen and oxygen atoms in total. The van der Waals surface area contributed by atoms with E-state index < -0.39 is 0 Å². The van der Waals surface area contributed by atoms with Gasteiger partial charge in [-0.05, 0) is 57.0 Å². The van der Waals surface area contributed by atoms with Crippen molar-refractivity contribution in [2.24, 2.45) is 0 Å². The Kier molecular flexibility index (Phi) is 5.57. The third-order valence-corrected chi connectivity index (χ3v) is 7.24. The Labute approximate surface area is 201 Å². The number of hydrogen-bond donors (Lipinski definition) is 0. The van der Waals surface area contributed by atoms with Gasteiger partial charge in [-0.15, -0.1) is 10.2 Å². The Bertz CT molecular complexity index is 1620. The molecule has 0 aliphatic heterocycles. The fourth-order valence-electron chi connectivity index (χ4n) is 4.11. The number of thioether (sulfide) groups is 1. The number of nitrogens with zero attached hydrogens (tertiary/aromatic N) is 4. The molecule has 5 aromatic rings. The fourth-order valence-corrected chi connectivity index (χ4v) is 5.05. The van der Waals surface area contributed by atoms with E-state index in [1.54, 1.807) is 4.57 Å². The molecule has 5 rings (SSSR count). The summed E-state index contributed by atoms with van der Waals surface area (Å²) in [4.78, 5) is 26.7. The minimum atomic E-state index is -0.380. The van der Waals surface area contributed by atoms with Crippen molar-refractivity contribution in [2.45, 2.75) is 38.1 Å². The number of para-hydroxylation sites is 1. The van der Waals surface area contributed by atoms with Gasteiger partial charge in [0.25, 0.3) is 5.56 Å². The highest BCUT2D eigenvalue weighted by molar-refractivity contribution is 8.00. The summed E-state index contributed by atoms with van der Waals surface area (Å²) >= 11 is 1.34. The lowest BCUT2D eigenvalue weighted by atomic mass is 10.1. The summed E-state index contributed by atoms with van der Waals surface area (Å²) in [6.45, 7) is 7.88. The predicted molar refractivity (Wildman–Crippen MR) is 136 cm³/mol. The van der Waals surface area contributed by atoms with Crippen LogP contribution in [-0.4, -0.2) is 30.2 Å². The van der Waals surface area contributed by atoms with Crippen LogP contribution in [0.3, 0.4) is 0 Å². The van der Waals surface area contributed by atoms with E-state index in [1.807, 2.05) is 98.8 Å². The third kappa shape index (κ3) is 3.62. The molecule has 0 aliphatic rings. The zero-order valence-electron chi connectivity index (χ0n) is 19.4. The van der Waals surface area contributed by atoms with Crippen molar-refractivity contribution in [1.29, 1.82) is 0 Å². The molecular formula is C27H24N4O2S. The number of benzene rings is 3. The molecule has 3 aromatic carbocycles. The van der Waals surface area contributed by atoms with Crippen LogP contribution in [0.25, 0.3) is 22.4 Å². The summed E-state index contributed by atoms with van der Waals surface area (Å²) in [7, 11) is 0. The number of carbonyl (C=O) groups excluding carboxylic acids is 1. The summed E-state index contributed by atoms with van der Waals surface area (Å²) in [5.41, 5.74) is 5.20. The molecule has 0 spiro atoms. The first-order valence-corrected chi connectivity index (χ1v) is 12.0. The zero-order chi connectivity index (χ0) is 24.0. The van der Waals surface area contributed by atoms with Crippen molar-refractivity contribution in [3.8, 4) is 5.69 Å². The first-order valence-electron chi connectivity index (χ1n) is 11.1. The number of Topliss-reactive ketones (excluding diaryl/α,β-unsaturated/α-hetero) is 1. The fraction of sp³-hybridized carbons (Fsp3) is 0.185. The minimum absolute atomic E-state index is 0.0221. The summed E-state index contributed by atoms with van der Waals surface area (Å²) in [6, 6.07) is 20.9. The second-order valence-electron chi connectivity index (χ2n) is 8.49. The zero-order valence-corrected chi connectivity index (χ0v) is 20.3. The lowest BCUT2D eigenvalue weighted by molar-refractivity contribution is 0.0994. The van der Waals surface area contributed by atoms with Crippen LogP contribution >= 0.6 is 11.8 Å². The van der Waals surface area contributed by atoms with E-state index in [0.29, 0.717) is 27.4 Å². The number of hydrogen-bond acceptors (Lipinski definition) is 5. The number of ketones is 1. The van der Waals surface area contributed by atoms with E-state index in [0.717, 1.165) is 22.4 Å². The molecule has 0 saturated heterocycles. The summed E-state index contributed by atoms with van der Waals surface area (Å²) in [5.74, 6) is 0.448. The molecule has 0 bridgehead atoms. The van der Waals surface area contributed by atoms with E-state index in [2.05, 4.69) is 10.2 Å². The lowest BCUT2D eigenvalue weighted by Gasteiger charge is -2.15. The number of rotatable bonds is 5. The van der Waals surface area contributed by atoms with Crippen molar-refractivity contribution in [3.05, 3.63) is 99.3 Å². The van der Waals surface area contributed by atoms with Crippen molar-refractivity contribution in [3.63, 3.8) is 0 Å². The van der Waals surface area contributed by atoms with E-state index in [4.69, 9.17) is 0 Å². The maximum atomic E-state index is 13.6. The van der Waals surface area contributed by atoms with Crippen molar-refractivity contribution in [1.82, 2.24) is 19.2 Å². The lowest BCUT2D eigenvalue weighted by Crippen LogP contribution is -2.23. The Morgan fingerprint density at radius 1 is 0.912 bits per heavy atom. The first-order chi connectivity index (χ1) is 16.4. The maximum absolute atomic E-state index is 13.6. The van der Waals surface area contributed by atoms with Crippen molar-refractivity contribution in [2.75, 3.05) is 0 Å². The van der Waals surface area contributed by atoms with E-state index in [1.165, 1.54) is 11.8 Å². The molecule has 1 atom stereocenters. The second kappa shape index (κ2) is 8.57. The summed E-state index contributed by atoms with van der Waals surface area (Å²) < 4.78 is 3.50. The van der Waals surface area contributed by atoms with Gasteiger partial charge >= 0.3 is 0 Å². The van der Waals surface area contributed by atoms with Gasteiger partial charge in [0, 0.05) is 5.56 Å². The van der Waals surface area contributed by atoms with Gasteiger partial charge in [-0.2, -0.15) is 0 Å². The van der Waals surface area contributed by atoms with Crippen LogP contribution in [0.1, 0.15) is 34.0 Å². The average Bonchev–Trinajstić information content (AvgIpc) is 3.25. The van der Waals surface area contributed by atoms with Gasteiger partial charge in [-0.25, -0.2) is 4.57 Å². The maximum Gasteiger partial charge on any atom is 0.267 e. The molecule has 34 heavy (non-hydrogen) atoms. The minimum Gasteiger partial charge on any atom is -0.293 e. The van der Waals surface area contributed by atoms with Crippen LogP contribution in [0, 0.1) is 20.8 Å². The molecule has 0 aliphatic carbocycles. The number of carbonyl (C=O) groups is 1. The van der Waals surface area contributed by atoms with Crippen LogP contribution in [0.15, 0.2) is 76.7 Å². The smallest absolute Gasteiger partial charge is 0.267 e. The highest BCUT2D eigenvalue weighted by Crippen LogP contribution is 2.28. The molecule has 1 unspecified atom stereocenters. The van der Waals surface area contributed by atoms with E-state index >= 15 is 0 Å². The number of fused-ring (bicyclic) bond motifs is 3. The molecule has 2 aromatic heterocycles. The van der Waals surface area contributed by atoms with Crippen LogP contribution in [0.2, 0.25) is 0 Å². The Balaban J connectivity index is 1.69. The molecule has 2 heterocycles. The topological polar surface area (TPSA) is 69.3 Å². The van der Waals surface area contributed by atoms with Gasteiger partial charge in [-0.3, -0.25) is 14.0 Å². The second-order valence-corrected chi connectivity index (χ2v) is 9.79. The molecule has 0 N–H and O–H groups in total. The predicted octanol–water partition coefficient (Wildman–Crippen LogP) is 5.32. The van der Waals surface area contributed by atoms with Crippen LogP contribution < -0.4 is 5.56 Å². The number of aryl methyl sites for hydroxylation is 2. The molecule has 7 heteroatoms. The quantitative estimate of drug-likeness (QED) is 0.258. The van der Waals surface area contributed by atoms with Gasteiger partial charge in [0.15, 0.2) is 10.9 Å². The SMILES string of the molecule is Cc1ccc(C(=O)C(C)Sc2nnc3n(-c4cccc(C)c4C)c(=O)c4ccccc4n23)cc1. The van der Waals surface area contributed by atoms with E-state index in [9.17, 15) is 9.59 Å². The number of aromatic nitrogens is 4. The molecule has 0 radical (unpaired) electrons. The Hall–Kier alpha value is -3.71. The highest BCUT2D eigenvalue weighted by atomic mass is 32.2. The normalized spacial score (nSPS) is 12.4. The Morgan fingerprint density at radius 3 is 2.41 bits per heavy atom. The summed E-state index contributed by atoms with van der Waals surface area (Å²) in [6.07, 6.45) is 0. The highest BCUT2D eigenvalue weighted by Gasteiger charge is 2.23. The van der Waals surface area contributed by atoms with Gasteiger partial charge < -0.3 is 0 Å². The van der Waals surface area contributed by atoms with Crippen LogP contribution in [0.5, 0.6) is 0 Å². The monoisotopic (exact) mass is 468 g/mol. The van der Waals surface area contributed by atoms with Crippen molar-refractivity contribution < 1.29 is 4.79 Å².